The first-order valence-electron chi connectivity index (χ1n) is 5.82. The van der Waals surface area contributed by atoms with Crippen molar-refractivity contribution < 1.29 is 9.47 Å². The van der Waals surface area contributed by atoms with Gasteiger partial charge in [0.05, 0.1) is 13.2 Å². The van der Waals surface area contributed by atoms with Crippen molar-refractivity contribution in [3.05, 3.63) is 29.8 Å². The van der Waals surface area contributed by atoms with Crippen LogP contribution in [0.15, 0.2) is 24.3 Å². The molecular formula is C13H19NO2. The first-order valence-corrected chi connectivity index (χ1v) is 5.82. The SMILES string of the molecule is CNCc1cccc(OCC2CCOC2)c1. The molecule has 1 fully saturated rings. The molecule has 0 amide bonds. The quantitative estimate of drug-likeness (QED) is 0.822. The summed E-state index contributed by atoms with van der Waals surface area (Å²) >= 11 is 0. The second kappa shape index (κ2) is 5.87. The van der Waals surface area contributed by atoms with Gasteiger partial charge in [-0.25, -0.2) is 0 Å². The summed E-state index contributed by atoms with van der Waals surface area (Å²) in [7, 11) is 1.95. The van der Waals surface area contributed by atoms with Crippen LogP contribution in [-0.2, 0) is 11.3 Å². The fourth-order valence-electron chi connectivity index (χ4n) is 1.88. The van der Waals surface area contributed by atoms with E-state index in [4.69, 9.17) is 9.47 Å². The van der Waals surface area contributed by atoms with Gasteiger partial charge in [0.2, 0.25) is 0 Å². The molecule has 0 spiro atoms. The number of hydrogen-bond acceptors (Lipinski definition) is 3. The first-order chi connectivity index (χ1) is 7.88. The van der Waals surface area contributed by atoms with E-state index in [1.165, 1.54) is 5.56 Å². The van der Waals surface area contributed by atoms with Gasteiger partial charge in [-0.3, -0.25) is 0 Å². The number of hydrogen-bond donors (Lipinski definition) is 1. The molecule has 0 aliphatic carbocycles. The van der Waals surface area contributed by atoms with Gasteiger partial charge in [-0.05, 0) is 31.2 Å². The third-order valence-electron chi connectivity index (χ3n) is 2.79. The molecule has 2 rings (SSSR count). The van der Waals surface area contributed by atoms with Crippen LogP contribution in [0.4, 0.5) is 0 Å². The molecule has 0 radical (unpaired) electrons. The maximum Gasteiger partial charge on any atom is 0.119 e. The highest BCUT2D eigenvalue weighted by molar-refractivity contribution is 5.28. The topological polar surface area (TPSA) is 30.5 Å². The van der Waals surface area contributed by atoms with Crippen LogP contribution in [0.25, 0.3) is 0 Å². The highest BCUT2D eigenvalue weighted by atomic mass is 16.5. The van der Waals surface area contributed by atoms with E-state index >= 15 is 0 Å². The van der Waals surface area contributed by atoms with Crippen molar-refractivity contribution in [2.24, 2.45) is 5.92 Å². The first kappa shape index (κ1) is 11.4. The Morgan fingerprint density at radius 2 is 2.44 bits per heavy atom. The zero-order valence-corrected chi connectivity index (χ0v) is 9.74. The molecular weight excluding hydrogens is 202 g/mol. The molecule has 1 unspecified atom stereocenters. The molecule has 1 atom stereocenters. The molecule has 1 heterocycles. The lowest BCUT2D eigenvalue weighted by Crippen LogP contribution is -2.12. The van der Waals surface area contributed by atoms with Crippen LogP contribution in [0.1, 0.15) is 12.0 Å². The normalized spacial score (nSPS) is 19.9. The van der Waals surface area contributed by atoms with E-state index in [2.05, 4.69) is 17.4 Å². The number of nitrogens with one attached hydrogen (secondary N) is 1. The zero-order chi connectivity index (χ0) is 11.2. The molecule has 1 N–H and O–H groups in total. The highest BCUT2D eigenvalue weighted by Gasteiger charge is 2.16. The predicted octanol–water partition coefficient (Wildman–Crippen LogP) is 1.82. The second-order valence-corrected chi connectivity index (χ2v) is 4.22. The van der Waals surface area contributed by atoms with Gasteiger partial charge in [0.25, 0.3) is 0 Å². The summed E-state index contributed by atoms with van der Waals surface area (Å²) in [4.78, 5) is 0. The number of rotatable bonds is 5. The standard InChI is InChI=1S/C13H19NO2/c1-14-8-11-3-2-4-13(7-11)16-10-12-5-6-15-9-12/h2-4,7,12,14H,5-6,8-10H2,1H3. The summed E-state index contributed by atoms with van der Waals surface area (Å²) in [6, 6.07) is 8.23. The molecule has 88 valence electrons. The van der Waals surface area contributed by atoms with Crippen LogP contribution in [-0.4, -0.2) is 26.9 Å². The van der Waals surface area contributed by atoms with E-state index in [1.54, 1.807) is 0 Å². The Hall–Kier alpha value is -1.06. The summed E-state index contributed by atoms with van der Waals surface area (Å²) in [5, 5.41) is 3.13. The van der Waals surface area contributed by atoms with Crippen LogP contribution in [0.5, 0.6) is 5.75 Å². The smallest absolute Gasteiger partial charge is 0.119 e. The lowest BCUT2D eigenvalue weighted by molar-refractivity contribution is 0.167. The van der Waals surface area contributed by atoms with E-state index in [0.29, 0.717) is 5.92 Å². The maximum absolute atomic E-state index is 5.77. The fraction of sp³-hybridized carbons (Fsp3) is 0.538. The van der Waals surface area contributed by atoms with Gasteiger partial charge in [0.1, 0.15) is 5.75 Å². The molecule has 16 heavy (non-hydrogen) atoms. The molecule has 3 heteroatoms. The molecule has 1 aliphatic rings. The summed E-state index contributed by atoms with van der Waals surface area (Å²) < 4.78 is 11.1. The third kappa shape index (κ3) is 3.22. The van der Waals surface area contributed by atoms with Gasteiger partial charge in [0.15, 0.2) is 0 Å². The van der Waals surface area contributed by atoms with Crippen molar-refractivity contribution in [2.75, 3.05) is 26.9 Å². The van der Waals surface area contributed by atoms with Gasteiger partial charge < -0.3 is 14.8 Å². The molecule has 0 aromatic heterocycles. The summed E-state index contributed by atoms with van der Waals surface area (Å²) in [6.07, 6.45) is 1.12. The van der Waals surface area contributed by atoms with E-state index in [9.17, 15) is 0 Å². The lowest BCUT2D eigenvalue weighted by atomic mass is 10.1. The molecule has 1 aromatic rings. The van der Waals surface area contributed by atoms with Crippen LogP contribution in [0.2, 0.25) is 0 Å². The van der Waals surface area contributed by atoms with Crippen LogP contribution in [0, 0.1) is 5.92 Å². The van der Waals surface area contributed by atoms with Gasteiger partial charge in [-0.15, -0.1) is 0 Å². The Kier molecular flexibility index (Phi) is 4.19. The zero-order valence-electron chi connectivity index (χ0n) is 9.74. The summed E-state index contributed by atoms with van der Waals surface area (Å²) in [6.45, 7) is 3.37. The Morgan fingerprint density at radius 1 is 1.50 bits per heavy atom. The van der Waals surface area contributed by atoms with Gasteiger partial charge in [-0.2, -0.15) is 0 Å². The van der Waals surface area contributed by atoms with Crippen molar-refractivity contribution in [3.63, 3.8) is 0 Å². The molecule has 0 saturated carbocycles. The fourth-order valence-corrected chi connectivity index (χ4v) is 1.88. The Labute approximate surface area is 96.8 Å². The van der Waals surface area contributed by atoms with Crippen LogP contribution < -0.4 is 10.1 Å². The molecule has 1 aliphatic heterocycles. The Morgan fingerprint density at radius 3 is 3.19 bits per heavy atom. The lowest BCUT2D eigenvalue weighted by Gasteiger charge is -2.11. The Bertz CT molecular complexity index is 321. The average Bonchev–Trinajstić information content (AvgIpc) is 2.80. The third-order valence-corrected chi connectivity index (χ3v) is 2.79. The predicted molar refractivity (Wildman–Crippen MR) is 63.6 cm³/mol. The minimum Gasteiger partial charge on any atom is -0.493 e. The highest BCUT2D eigenvalue weighted by Crippen LogP contribution is 2.17. The van der Waals surface area contributed by atoms with Crippen molar-refractivity contribution in [1.29, 1.82) is 0 Å². The minimum absolute atomic E-state index is 0.563. The largest absolute Gasteiger partial charge is 0.493 e. The second-order valence-electron chi connectivity index (χ2n) is 4.22. The monoisotopic (exact) mass is 221 g/mol. The summed E-state index contributed by atoms with van der Waals surface area (Å²) in [5.41, 5.74) is 1.25. The van der Waals surface area contributed by atoms with Crippen LogP contribution in [0.3, 0.4) is 0 Å². The van der Waals surface area contributed by atoms with E-state index in [0.717, 1.165) is 38.5 Å². The van der Waals surface area contributed by atoms with E-state index in [1.807, 2.05) is 19.2 Å². The molecule has 1 saturated heterocycles. The van der Waals surface area contributed by atoms with Crippen LogP contribution >= 0.6 is 0 Å². The van der Waals surface area contributed by atoms with Crippen molar-refractivity contribution in [2.45, 2.75) is 13.0 Å². The van der Waals surface area contributed by atoms with Gasteiger partial charge in [0, 0.05) is 19.1 Å². The summed E-state index contributed by atoms with van der Waals surface area (Å²) in [5.74, 6) is 1.52. The van der Waals surface area contributed by atoms with Crippen molar-refractivity contribution >= 4 is 0 Å². The molecule has 3 nitrogen and oxygen atoms in total. The van der Waals surface area contributed by atoms with Crippen molar-refractivity contribution in [1.82, 2.24) is 5.32 Å². The number of ether oxygens (including phenoxy) is 2. The maximum atomic E-state index is 5.77. The van der Waals surface area contributed by atoms with E-state index < -0.39 is 0 Å². The molecule has 1 aromatic carbocycles. The molecule has 0 bridgehead atoms. The Balaban J connectivity index is 1.85. The van der Waals surface area contributed by atoms with Gasteiger partial charge in [-0.1, -0.05) is 12.1 Å². The van der Waals surface area contributed by atoms with Crippen molar-refractivity contribution in [3.8, 4) is 5.75 Å². The van der Waals surface area contributed by atoms with Gasteiger partial charge >= 0.3 is 0 Å². The minimum atomic E-state index is 0.563. The average molecular weight is 221 g/mol. The number of benzene rings is 1. The van der Waals surface area contributed by atoms with E-state index in [-0.39, 0.29) is 0 Å².